The molecule has 0 N–H and O–H groups in total. The number of amides is 1. The number of carbonyl (C=O) groups is 2. The summed E-state index contributed by atoms with van der Waals surface area (Å²) in [4.78, 5) is 27.9. The number of aromatic nitrogens is 1. The monoisotopic (exact) mass is 215 g/mol. The molecule has 1 amide bonds. The van der Waals surface area contributed by atoms with Gasteiger partial charge in [-0.05, 0) is 18.6 Å². The van der Waals surface area contributed by atoms with Crippen molar-refractivity contribution in [2.45, 2.75) is 13.3 Å². The first-order valence-electron chi connectivity index (χ1n) is 4.81. The summed E-state index contributed by atoms with van der Waals surface area (Å²) in [6.07, 6.45) is 1.43. The molecule has 5 nitrogen and oxygen atoms in total. The highest BCUT2D eigenvalue weighted by Gasteiger charge is 2.31. The molecule has 1 aliphatic heterocycles. The molecule has 0 aromatic carbocycles. The van der Waals surface area contributed by atoms with Gasteiger partial charge < -0.3 is 0 Å². The van der Waals surface area contributed by atoms with Crippen LogP contribution in [0.4, 0.5) is 5.82 Å². The Labute approximate surface area is 92.3 Å². The highest BCUT2D eigenvalue weighted by atomic mass is 16.2. The minimum absolute atomic E-state index is 0.0178. The summed E-state index contributed by atoms with van der Waals surface area (Å²) in [5.74, 6) is -0.143. The molecular weight excluding hydrogens is 206 g/mol. The Balaban J connectivity index is 2.49. The number of nitriles is 1. The van der Waals surface area contributed by atoms with Crippen LogP contribution in [0.2, 0.25) is 0 Å². The number of anilines is 1. The fourth-order valence-electron chi connectivity index (χ4n) is 1.66. The summed E-state index contributed by atoms with van der Waals surface area (Å²) in [5, 5.41) is 9.00. The van der Waals surface area contributed by atoms with Crippen molar-refractivity contribution in [3.05, 3.63) is 23.4 Å². The largest absolute Gasteiger partial charge is 0.297 e. The Morgan fingerprint density at radius 1 is 1.50 bits per heavy atom. The van der Waals surface area contributed by atoms with E-state index in [0.717, 1.165) is 5.56 Å². The zero-order chi connectivity index (χ0) is 11.7. The predicted molar refractivity (Wildman–Crippen MR) is 55.7 cm³/mol. The Hall–Kier alpha value is -2.22. The third-order valence-electron chi connectivity index (χ3n) is 2.49. The lowest BCUT2D eigenvalue weighted by atomic mass is 10.1. The maximum atomic E-state index is 11.5. The Morgan fingerprint density at radius 2 is 2.25 bits per heavy atom. The van der Waals surface area contributed by atoms with Gasteiger partial charge in [0.2, 0.25) is 5.91 Å². The summed E-state index contributed by atoms with van der Waals surface area (Å²) in [7, 11) is 0. The van der Waals surface area contributed by atoms with Crippen molar-refractivity contribution in [3.8, 4) is 6.07 Å². The Morgan fingerprint density at radius 3 is 2.81 bits per heavy atom. The molecule has 80 valence electrons. The molecule has 0 unspecified atom stereocenters. The van der Waals surface area contributed by atoms with E-state index in [1.807, 2.05) is 6.07 Å². The molecule has 1 fully saturated rings. The van der Waals surface area contributed by atoms with Crippen LogP contribution < -0.4 is 4.90 Å². The molecular formula is C11H9N3O2. The lowest BCUT2D eigenvalue weighted by Gasteiger charge is -2.15. The molecule has 2 rings (SSSR count). The minimum Gasteiger partial charge on any atom is -0.297 e. The summed E-state index contributed by atoms with van der Waals surface area (Å²) in [6, 6.07) is 3.71. The first-order chi connectivity index (χ1) is 7.63. The molecule has 1 saturated heterocycles. The Bertz CT molecular complexity index is 516. The summed E-state index contributed by atoms with van der Waals surface area (Å²) < 4.78 is 0. The summed E-state index contributed by atoms with van der Waals surface area (Å²) in [6.45, 7) is 1.79. The van der Waals surface area contributed by atoms with Crippen LogP contribution in [-0.2, 0) is 9.59 Å². The quantitative estimate of drug-likeness (QED) is 0.642. The average molecular weight is 215 g/mol. The number of hydrogen-bond acceptors (Lipinski definition) is 4. The summed E-state index contributed by atoms with van der Waals surface area (Å²) >= 11 is 0. The van der Waals surface area contributed by atoms with Gasteiger partial charge in [0.1, 0.15) is 6.07 Å². The number of pyridine rings is 1. The van der Waals surface area contributed by atoms with E-state index in [-0.39, 0.29) is 24.7 Å². The first-order valence-corrected chi connectivity index (χ1v) is 4.81. The van der Waals surface area contributed by atoms with Crippen molar-refractivity contribution in [3.63, 3.8) is 0 Å². The molecule has 1 aliphatic rings. The van der Waals surface area contributed by atoms with Gasteiger partial charge in [0.05, 0.1) is 18.5 Å². The van der Waals surface area contributed by atoms with Crippen LogP contribution >= 0.6 is 0 Å². The fourth-order valence-corrected chi connectivity index (χ4v) is 1.66. The predicted octanol–water partition coefficient (Wildman–Crippen LogP) is 0.568. The molecule has 16 heavy (non-hydrogen) atoms. The molecule has 1 aromatic heterocycles. The van der Waals surface area contributed by atoms with Crippen molar-refractivity contribution in [1.29, 1.82) is 5.26 Å². The smallest absolute Gasteiger partial charge is 0.236 e. The van der Waals surface area contributed by atoms with Crippen molar-refractivity contribution in [2.24, 2.45) is 0 Å². The van der Waals surface area contributed by atoms with E-state index in [4.69, 9.17) is 5.26 Å². The maximum absolute atomic E-state index is 11.5. The number of nitrogens with zero attached hydrogens (tertiary/aromatic N) is 3. The molecule has 0 atom stereocenters. The average Bonchev–Trinajstić information content (AvgIpc) is 2.57. The van der Waals surface area contributed by atoms with E-state index in [9.17, 15) is 9.59 Å². The van der Waals surface area contributed by atoms with Crippen molar-refractivity contribution < 1.29 is 9.59 Å². The standard InChI is InChI=1S/C11H9N3O2/c1-7-2-3-13-11(9(7)5-12)14-6-8(15)4-10(14)16/h2-3H,4,6H2,1H3. The number of ketones is 1. The lowest BCUT2D eigenvalue weighted by molar-refractivity contribution is -0.121. The number of aryl methyl sites for hydroxylation is 1. The van der Waals surface area contributed by atoms with Crippen molar-refractivity contribution in [2.75, 3.05) is 11.4 Å². The zero-order valence-corrected chi connectivity index (χ0v) is 8.73. The van der Waals surface area contributed by atoms with E-state index in [1.165, 1.54) is 11.1 Å². The van der Waals surface area contributed by atoms with Gasteiger partial charge >= 0.3 is 0 Å². The molecule has 0 saturated carbocycles. The van der Waals surface area contributed by atoms with Gasteiger partial charge in [-0.1, -0.05) is 0 Å². The zero-order valence-electron chi connectivity index (χ0n) is 8.73. The van der Waals surface area contributed by atoms with E-state index in [0.29, 0.717) is 11.4 Å². The molecule has 2 heterocycles. The second-order valence-electron chi connectivity index (χ2n) is 3.63. The van der Waals surface area contributed by atoms with E-state index < -0.39 is 0 Å². The van der Waals surface area contributed by atoms with Gasteiger partial charge in [0, 0.05) is 6.20 Å². The molecule has 1 aromatic rings. The van der Waals surface area contributed by atoms with Gasteiger partial charge in [-0.2, -0.15) is 5.26 Å². The number of hydrogen-bond donors (Lipinski definition) is 0. The van der Waals surface area contributed by atoms with E-state index in [1.54, 1.807) is 13.0 Å². The van der Waals surface area contributed by atoms with Crippen molar-refractivity contribution in [1.82, 2.24) is 4.98 Å². The fraction of sp³-hybridized carbons (Fsp3) is 0.273. The van der Waals surface area contributed by atoms with Crippen LogP contribution in [0.25, 0.3) is 0 Å². The van der Waals surface area contributed by atoms with Gasteiger partial charge in [0.15, 0.2) is 11.6 Å². The van der Waals surface area contributed by atoms with Crippen LogP contribution in [0.1, 0.15) is 17.5 Å². The number of carbonyl (C=O) groups excluding carboxylic acids is 2. The SMILES string of the molecule is Cc1ccnc(N2CC(=O)CC2=O)c1C#N. The van der Waals surface area contributed by atoms with Crippen LogP contribution in [-0.4, -0.2) is 23.2 Å². The maximum Gasteiger partial charge on any atom is 0.236 e. The lowest BCUT2D eigenvalue weighted by Crippen LogP contribution is -2.26. The molecule has 0 bridgehead atoms. The highest BCUT2D eigenvalue weighted by molar-refractivity contribution is 6.15. The van der Waals surface area contributed by atoms with Gasteiger partial charge in [0.25, 0.3) is 0 Å². The van der Waals surface area contributed by atoms with Crippen molar-refractivity contribution >= 4 is 17.5 Å². The second-order valence-corrected chi connectivity index (χ2v) is 3.63. The van der Waals surface area contributed by atoms with Gasteiger partial charge in [-0.25, -0.2) is 4.98 Å². The van der Waals surface area contributed by atoms with Gasteiger partial charge in [-0.15, -0.1) is 0 Å². The number of Topliss-reactive ketones (excluding diaryl/α,β-unsaturated/α-hetero) is 1. The van der Waals surface area contributed by atoms with Crippen LogP contribution in [0.5, 0.6) is 0 Å². The molecule has 0 aliphatic carbocycles. The molecule has 0 radical (unpaired) electrons. The third-order valence-corrected chi connectivity index (χ3v) is 2.49. The van der Waals surface area contributed by atoms with Crippen LogP contribution in [0, 0.1) is 18.3 Å². The van der Waals surface area contributed by atoms with Crippen LogP contribution in [0.3, 0.4) is 0 Å². The van der Waals surface area contributed by atoms with E-state index >= 15 is 0 Å². The minimum atomic E-state index is -0.292. The first kappa shape index (κ1) is 10.3. The van der Waals surface area contributed by atoms with Gasteiger partial charge in [-0.3, -0.25) is 14.5 Å². The summed E-state index contributed by atoms with van der Waals surface area (Å²) in [5.41, 5.74) is 1.10. The molecule has 5 heteroatoms. The number of rotatable bonds is 1. The topological polar surface area (TPSA) is 74.1 Å². The normalized spacial score (nSPS) is 15.4. The van der Waals surface area contributed by atoms with E-state index in [2.05, 4.69) is 4.98 Å². The Kier molecular flexibility index (Phi) is 2.41. The third kappa shape index (κ3) is 1.54. The second kappa shape index (κ2) is 3.74. The van der Waals surface area contributed by atoms with Crippen LogP contribution in [0.15, 0.2) is 12.3 Å². The highest BCUT2D eigenvalue weighted by Crippen LogP contribution is 2.23. The molecule has 0 spiro atoms.